The third-order valence-electron chi connectivity index (χ3n) is 3.54. The van der Waals surface area contributed by atoms with Crippen molar-refractivity contribution in [2.24, 2.45) is 5.92 Å². The van der Waals surface area contributed by atoms with Crippen molar-refractivity contribution < 1.29 is 9.18 Å². The highest BCUT2D eigenvalue weighted by Crippen LogP contribution is 2.20. The number of likely N-dealkylation sites (tertiary alicyclic amines) is 1. The zero-order chi connectivity index (χ0) is 13.1. The van der Waals surface area contributed by atoms with Crippen LogP contribution in [0.3, 0.4) is 0 Å². The van der Waals surface area contributed by atoms with Gasteiger partial charge >= 0.3 is 0 Å². The number of hydrogen-bond acceptors (Lipinski definition) is 1. The molecule has 1 fully saturated rings. The van der Waals surface area contributed by atoms with E-state index in [0.29, 0.717) is 36.0 Å². The van der Waals surface area contributed by atoms with E-state index in [2.05, 4.69) is 0 Å². The van der Waals surface area contributed by atoms with Gasteiger partial charge in [-0.3, -0.25) is 4.79 Å². The lowest BCUT2D eigenvalue weighted by Gasteiger charge is -2.31. The Morgan fingerprint density at radius 1 is 1.44 bits per heavy atom. The zero-order valence-corrected chi connectivity index (χ0v) is 11.2. The topological polar surface area (TPSA) is 20.3 Å². The average Bonchev–Trinajstić information content (AvgIpc) is 2.41. The Hall–Kier alpha value is -1.09. The molecule has 0 bridgehead atoms. The molecular weight excluding hydrogens is 253 g/mol. The highest BCUT2D eigenvalue weighted by Gasteiger charge is 2.23. The van der Waals surface area contributed by atoms with Gasteiger partial charge in [-0.2, -0.15) is 0 Å². The SMILES string of the molecule is Cc1ccc(C(=O)N2CCC(CCl)CC2)cc1F. The Morgan fingerprint density at radius 2 is 2.11 bits per heavy atom. The van der Waals surface area contributed by atoms with E-state index in [0.717, 1.165) is 12.8 Å². The molecule has 1 saturated heterocycles. The number of rotatable bonds is 2. The first-order valence-corrected chi connectivity index (χ1v) is 6.76. The second kappa shape index (κ2) is 5.70. The van der Waals surface area contributed by atoms with E-state index >= 15 is 0 Å². The molecule has 1 aliphatic rings. The van der Waals surface area contributed by atoms with Crippen molar-refractivity contribution in [3.8, 4) is 0 Å². The third kappa shape index (κ3) is 2.83. The lowest BCUT2D eigenvalue weighted by atomic mass is 9.98. The summed E-state index contributed by atoms with van der Waals surface area (Å²) in [6.07, 6.45) is 1.87. The van der Waals surface area contributed by atoms with Crippen LogP contribution in [0.2, 0.25) is 0 Å². The molecule has 98 valence electrons. The van der Waals surface area contributed by atoms with Gasteiger partial charge in [0.2, 0.25) is 0 Å². The number of piperidine rings is 1. The molecule has 2 nitrogen and oxygen atoms in total. The molecule has 1 amide bonds. The molecule has 1 heterocycles. The minimum Gasteiger partial charge on any atom is -0.339 e. The van der Waals surface area contributed by atoms with E-state index in [4.69, 9.17) is 11.6 Å². The normalized spacial score (nSPS) is 16.9. The first-order chi connectivity index (χ1) is 8.61. The fourth-order valence-corrected chi connectivity index (χ4v) is 2.51. The Balaban J connectivity index is 2.05. The van der Waals surface area contributed by atoms with Crippen LogP contribution >= 0.6 is 11.6 Å². The van der Waals surface area contributed by atoms with Crippen molar-refractivity contribution in [2.45, 2.75) is 19.8 Å². The number of hydrogen-bond donors (Lipinski definition) is 0. The summed E-state index contributed by atoms with van der Waals surface area (Å²) in [5, 5.41) is 0. The highest BCUT2D eigenvalue weighted by atomic mass is 35.5. The molecular formula is C14H17ClFNO. The van der Waals surface area contributed by atoms with E-state index in [1.54, 1.807) is 24.0 Å². The molecule has 0 spiro atoms. The molecule has 0 aliphatic carbocycles. The second-order valence-electron chi connectivity index (χ2n) is 4.85. The number of amides is 1. The van der Waals surface area contributed by atoms with Crippen LogP contribution < -0.4 is 0 Å². The van der Waals surface area contributed by atoms with Crippen LogP contribution in [0.15, 0.2) is 18.2 Å². The monoisotopic (exact) mass is 269 g/mol. The fraction of sp³-hybridized carbons (Fsp3) is 0.500. The number of aryl methyl sites for hydroxylation is 1. The number of carbonyl (C=O) groups is 1. The maximum atomic E-state index is 13.4. The lowest BCUT2D eigenvalue weighted by molar-refractivity contribution is 0.0697. The summed E-state index contributed by atoms with van der Waals surface area (Å²) in [4.78, 5) is 14.0. The summed E-state index contributed by atoms with van der Waals surface area (Å²) in [6, 6.07) is 4.66. The van der Waals surface area contributed by atoms with Gasteiger partial charge in [0, 0.05) is 24.5 Å². The average molecular weight is 270 g/mol. The van der Waals surface area contributed by atoms with E-state index in [9.17, 15) is 9.18 Å². The number of carbonyl (C=O) groups excluding carboxylic acids is 1. The van der Waals surface area contributed by atoms with Gasteiger partial charge in [-0.15, -0.1) is 11.6 Å². The predicted molar refractivity (Wildman–Crippen MR) is 70.5 cm³/mol. The summed E-state index contributed by atoms with van der Waals surface area (Å²) in [7, 11) is 0. The number of halogens is 2. The van der Waals surface area contributed by atoms with Crippen LogP contribution in [0.1, 0.15) is 28.8 Å². The second-order valence-corrected chi connectivity index (χ2v) is 5.16. The summed E-state index contributed by atoms with van der Waals surface area (Å²) in [5.74, 6) is 0.755. The van der Waals surface area contributed by atoms with Crippen LogP contribution in [0.4, 0.5) is 4.39 Å². The van der Waals surface area contributed by atoms with Gasteiger partial charge in [-0.1, -0.05) is 6.07 Å². The van der Waals surface area contributed by atoms with Crippen LogP contribution in [0.25, 0.3) is 0 Å². The molecule has 4 heteroatoms. The van der Waals surface area contributed by atoms with Crippen molar-refractivity contribution in [3.63, 3.8) is 0 Å². The Labute approximate surface area is 112 Å². The zero-order valence-electron chi connectivity index (χ0n) is 10.5. The smallest absolute Gasteiger partial charge is 0.253 e. The van der Waals surface area contributed by atoms with Crippen molar-refractivity contribution in [2.75, 3.05) is 19.0 Å². The van der Waals surface area contributed by atoms with Gasteiger partial charge in [-0.05, 0) is 43.4 Å². The van der Waals surface area contributed by atoms with Gasteiger partial charge in [0.05, 0.1) is 0 Å². The molecule has 1 aliphatic heterocycles. The Bertz CT molecular complexity index is 441. The van der Waals surface area contributed by atoms with Crippen molar-refractivity contribution in [3.05, 3.63) is 35.1 Å². The largest absolute Gasteiger partial charge is 0.339 e. The summed E-state index contributed by atoms with van der Waals surface area (Å²) in [6.45, 7) is 3.12. The van der Waals surface area contributed by atoms with Gasteiger partial charge < -0.3 is 4.90 Å². The van der Waals surface area contributed by atoms with E-state index in [-0.39, 0.29) is 11.7 Å². The third-order valence-corrected chi connectivity index (χ3v) is 3.98. The van der Waals surface area contributed by atoms with Crippen molar-refractivity contribution in [1.82, 2.24) is 4.90 Å². The van der Waals surface area contributed by atoms with E-state index in [1.165, 1.54) is 6.07 Å². The minimum absolute atomic E-state index is 0.0816. The number of nitrogens with zero attached hydrogens (tertiary/aromatic N) is 1. The molecule has 0 atom stereocenters. The van der Waals surface area contributed by atoms with E-state index in [1.807, 2.05) is 0 Å². The minimum atomic E-state index is -0.323. The Kier molecular flexibility index (Phi) is 4.23. The molecule has 0 N–H and O–H groups in total. The highest BCUT2D eigenvalue weighted by molar-refractivity contribution is 6.18. The van der Waals surface area contributed by atoms with Crippen LogP contribution in [0, 0.1) is 18.7 Å². The summed E-state index contributed by atoms with van der Waals surface area (Å²) in [5.41, 5.74) is 0.995. The van der Waals surface area contributed by atoms with Crippen LogP contribution in [-0.2, 0) is 0 Å². The lowest BCUT2D eigenvalue weighted by Crippen LogP contribution is -2.38. The van der Waals surface area contributed by atoms with Gasteiger partial charge in [0.15, 0.2) is 0 Å². The summed E-state index contributed by atoms with van der Waals surface area (Å²) >= 11 is 5.81. The molecule has 0 aromatic heterocycles. The maximum absolute atomic E-state index is 13.4. The number of benzene rings is 1. The molecule has 1 aromatic rings. The summed E-state index contributed by atoms with van der Waals surface area (Å²) < 4.78 is 13.4. The molecule has 0 radical (unpaired) electrons. The standard InChI is InChI=1S/C14H17ClFNO/c1-10-2-3-12(8-13(10)16)14(18)17-6-4-11(9-15)5-7-17/h2-3,8,11H,4-7,9H2,1H3. The predicted octanol–water partition coefficient (Wildman–Crippen LogP) is 3.23. The van der Waals surface area contributed by atoms with Crippen molar-refractivity contribution >= 4 is 17.5 Å². The quantitative estimate of drug-likeness (QED) is 0.755. The van der Waals surface area contributed by atoms with Gasteiger partial charge in [0.25, 0.3) is 5.91 Å². The van der Waals surface area contributed by atoms with Crippen LogP contribution in [-0.4, -0.2) is 29.8 Å². The van der Waals surface area contributed by atoms with Crippen LogP contribution in [0.5, 0.6) is 0 Å². The van der Waals surface area contributed by atoms with Gasteiger partial charge in [-0.25, -0.2) is 4.39 Å². The molecule has 1 aromatic carbocycles. The maximum Gasteiger partial charge on any atom is 0.253 e. The molecule has 0 unspecified atom stereocenters. The van der Waals surface area contributed by atoms with E-state index < -0.39 is 0 Å². The Morgan fingerprint density at radius 3 is 2.67 bits per heavy atom. The molecule has 0 saturated carbocycles. The first-order valence-electron chi connectivity index (χ1n) is 6.23. The van der Waals surface area contributed by atoms with Crippen molar-refractivity contribution in [1.29, 1.82) is 0 Å². The molecule has 2 rings (SSSR count). The molecule has 18 heavy (non-hydrogen) atoms. The van der Waals surface area contributed by atoms with Gasteiger partial charge in [0.1, 0.15) is 5.82 Å². The number of alkyl halides is 1. The fourth-order valence-electron chi connectivity index (χ4n) is 2.20. The first kappa shape index (κ1) is 13.3.